The molecule has 61 valence electrons. The summed E-state index contributed by atoms with van der Waals surface area (Å²) in [6, 6.07) is 0. The molecule has 1 aliphatic carbocycles. The fourth-order valence-electron chi connectivity index (χ4n) is 0.770. The molecule has 0 saturated carbocycles. The highest BCUT2D eigenvalue weighted by atomic mass is 79.9. The van der Waals surface area contributed by atoms with Crippen LogP contribution in [0.1, 0.15) is 6.42 Å². The van der Waals surface area contributed by atoms with Crippen LogP contribution in [-0.4, -0.2) is 11.9 Å². The van der Waals surface area contributed by atoms with Crippen LogP contribution in [-0.2, 0) is 4.74 Å². The van der Waals surface area contributed by atoms with E-state index >= 15 is 0 Å². The van der Waals surface area contributed by atoms with Crippen LogP contribution in [0.25, 0.3) is 0 Å². The van der Waals surface area contributed by atoms with Gasteiger partial charge in [-0.1, -0.05) is 27.5 Å². The van der Waals surface area contributed by atoms with Gasteiger partial charge in [0.2, 0.25) is 0 Å². The molecule has 1 radical (unpaired) electrons. The number of halogens is 2. The minimum atomic E-state index is 0.702. The average molecular weight is 237 g/mol. The van der Waals surface area contributed by atoms with Crippen molar-refractivity contribution in [2.75, 3.05) is 11.9 Å². The topological polar surface area (TPSA) is 9.23 Å². The zero-order valence-corrected chi connectivity index (χ0v) is 8.36. The van der Waals surface area contributed by atoms with Crippen molar-refractivity contribution in [2.45, 2.75) is 6.42 Å². The number of hydrogen-bond acceptors (Lipinski definition) is 1. The highest BCUT2D eigenvalue weighted by Crippen LogP contribution is 2.20. The van der Waals surface area contributed by atoms with E-state index in [1.165, 1.54) is 0 Å². The molecule has 0 saturated heterocycles. The quantitative estimate of drug-likeness (QED) is 0.685. The molecule has 0 amide bonds. The molecule has 0 atom stereocenters. The Morgan fingerprint density at radius 2 is 2.36 bits per heavy atom. The van der Waals surface area contributed by atoms with Gasteiger partial charge in [-0.15, -0.1) is 0 Å². The molecule has 1 nitrogen and oxygen atoms in total. The second-order valence-corrected chi connectivity index (χ2v) is 3.41. The van der Waals surface area contributed by atoms with Crippen LogP contribution in [0, 0.1) is 6.42 Å². The van der Waals surface area contributed by atoms with E-state index in [1.807, 2.05) is 18.6 Å². The minimum Gasteiger partial charge on any atom is -0.497 e. The second-order valence-electron chi connectivity index (χ2n) is 2.13. The monoisotopic (exact) mass is 235 g/mol. The highest BCUT2D eigenvalue weighted by Gasteiger charge is 2.04. The van der Waals surface area contributed by atoms with Gasteiger partial charge in [-0.25, -0.2) is 0 Å². The Morgan fingerprint density at radius 1 is 1.55 bits per heavy atom. The molecule has 0 bridgehead atoms. The maximum Gasteiger partial charge on any atom is 0.100 e. The summed E-state index contributed by atoms with van der Waals surface area (Å²) in [5.74, 6) is 0.911. The fourth-order valence-corrected chi connectivity index (χ4v) is 1.07. The van der Waals surface area contributed by atoms with Gasteiger partial charge >= 0.3 is 0 Å². The lowest BCUT2D eigenvalue weighted by molar-refractivity contribution is 0.238. The van der Waals surface area contributed by atoms with Crippen LogP contribution in [0.5, 0.6) is 0 Å². The van der Waals surface area contributed by atoms with Crippen LogP contribution in [0.2, 0.25) is 0 Å². The van der Waals surface area contributed by atoms with Gasteiger partial charge < -0.3 is 4.74 Å². The van der Waals surface area contributed by atoms with Crippen molar-refractivity contribution >= 4 is 27.5 Å². The molecule has 0 aromatic carbocycles. The molecule has 1 rings (SSSR count). The van der Waals surface area contributed by atoms with Gasteiger partial charge in [-0.3, -0.25) is 0 Å². The van der Waals surface area contributed by atoms with Crippen molar-refractivity contribution in [3.05, 3.63) is 29.4 Å². The van der Waals surface area contributed by atoms with Crippen LogP contribution < -0.4 is 0 Å². The van der Waals surface area contributed by atoms with Gasteiger partial charge in [-0.2, -0.15) is 0 Å². The van der Waals surface area contributed by atoms with Crippen LogP contribution in [0.3, 0.4) is 0 Å². The Kier molecular flexibility index (Phi) is 4.02. The third-order valence-corrected chi connectivity index (χ3v) is 1.88. The predicted octanol–water partition coefficient (Wildman–Crippen LogP) is 3.01. The molecule has 0 spiro atoms. The third-order valence-electron chi connectivity index (χ3n) is 1.27. The van der Waals surface area contributed by atoms with E-state index in [9.17, 15) is 0 Å². The van der Waals surface area contributed by atoms with E-state index in [2.05, 4.69) is 15.9 Å². The highest BCUT2D eigenvalue weighted by molar-refractivity contribution is 9.09. The standard InChI is InChI=1S/C8H9BrClO/c9-5-6-11-8-3-1-7(10)2-4-8/h1,3-4H,2,5-6H2. The molecule has 0 unspecified atom stereocenters. The normalized spacial score (nSPS) is 17.3. The molecule has 0 aromatic rings. The number of alkyl halides is 1. The number of hydrogen-bond donors (Lipinski definition) is 0. The molecular weight excluding hydrogens is 227 g/mol. The van der Waals surface area contributed by atoms with E-state index in [0.717, 1.165) is 22.5 Å². The maximum atomic E-state index is 5.74. The van der Waals surface area contributed by atoms with Crippen LogP contribution in [0.15, 0.2) is 22.9 Å². The average Bonchev–Trinajstić information content (AvgIpc) is 2.04. The molecule has 0 fully saturated rings. The largest absolute Gasteiger partial charge is 0.497 e. The summed E-state index contributed by atoms with van der Waals surface area (Å²) >= 11 is 9.02. The summed E-state index contributed by atoms with van der Waals surface area (Å²) in [6.45, 7) is 0.702. The predicted molar refractivity (Wildman–Crippen MR) is 50.7 cm³/mol. The number of rotatable bonds is 3. The Labute approximate surface area is 80.2 Å². The Hall–Kier alpha value is 0.0500. The summed E-state index contributed by atoms with van der Waals surface area (Å²) in [6.07, 6.45) is 6.51. The number of allylic oxidation sites excluding steroid dienone is 4. The molecule has 0 aromatic heterocycles. The van der Waals surface area contributed by atoms with Crippen molar-refractivity contribution in [2.24, 2.45) is 0 Å². The van der Waals surface area contributed by atoms with Gasteiger partial charge in [0.15, 0.2) is 0 Å². The van der Waals surface area contributed by atoms with E-state index in [0.29, 0.717) is 6.61 Å². The summed E-state index contributed by atoms with van der Waals surface area (Å²) in [5.41, 5.74) is 0. The third kappa shape index (κ3) is 3.30. The van der Waals surface area contributed by atoms with Gasteiger partial charge in [0, 0.05) is 16.8 Å². The maximum absolute atomic E-state index is 5.74. The number of ether oxygens (including phenoxy) is 1. The first-order valence-corrected chi connectivity index (χ1v) is 4.91. The van der Waals surface area contributed by atoms with Gasteiger partial charge in [-0.05, 0) is 18.6 Å². The Morgan fingerprint density at radius 3 is 2.91 bits per heavy atom. The molecule has 0 heterocycles. The van der Waals surface area contributed by atoms with Crippen molar-refractivity contribution in [1.29, 1.82) is 0 Å². The summed E-state index contributed by atoms with van der Waals surface area (Å²) < 4.78 is 5.34. The first kappa shape index (κ1) is 9.14. The minimum absolute atomic E-state index is 0.702. The first-order chi connectivity index (χ1) is 5.33. The van der Waals surface area contributed by atoms with Crippen molar-refractivity contribution < 1.29 is 4.74 Å². The molecule has 1 aliphatic rings. The zero-order chi connectivity index (χ0) is 8.10. The summed E-state index contributed by atoms with van der Waals surface area (Å²) in [5, 5.41) is 1.71. The SMILES string of the molecule is ClC1=CC=C(OCCBr)[CH]C1. The van der Waals surface area contributed by atoms with E-state index in [1.54, 1.807) is 0 Å². The Bertz CT molecular complexity index is 187. The van der Waals surface area contributed by atoms with Gasteiger partial charge in [0.25, 0.3) is 0 Å². The smallest absolute Gasteiger partial charge is 0.100 e. The summed E-state index contributed by atoms with van der Waals surface area (Å²) in [7, 11) is 0. The first-order valence-electron chi connectivity index (χ1n) is 3.41. The molecule has 3 heteroatoms. The van der Waals surface area contributed by atoms with Crippen molar-refractivity contribution in [3.63, 3.8) is 0 Å². The fraction of sp³-hybridized carbons (Fsp3) is 0.375. The van der Waals surface area contributed by atoms with E-state index in [4.69, 9.17) is 16.3 Å². The lowest BCUT2D eigenvalue weighted by Crippen LogP contribution is -1.99. The lowest BCUT2D eigenvalue weighted by atomic mass is 10.1. The molecule has 0 N–H and O–H groups in total. The zero-order valence-electron chi connectivity index (χ0n) is 6.02. The van der Waals surface area contributed by atoms with Gasteiger partial charge in [0.1, 0.15) is 5.76 Å². The Balaban J connectivity index is 2.35. The van der Waals surface area contributed by atoms with E-state index < -0.39 is 0 Å². The van der Waals surface area contributed by atoms with E-state index in [-0.39, 0.29) is 0 Å². The van der Waals surface area contributed by atoms with Crippen LogP contribution in [0.4, 0.5) is 0 Å². The molecule has 11 heavy (non-hydrogen) atoms. The van der Waals surface area contributed by atoms with Gasteiger partial charge in [0.05, 0.1) is 6.61 Å². The lowest BCUT2D eigenvalue weighted by Gasteiger charge is -2.10. The second kappa shape index (κ2) is 4.83. The van der Waals surface area contributed by atoms with Crippen LogP contribution >= 0.6 is 27.5 Å². The van der Waals surface area contributed by atoms with Crippen molar-refractivity contribution in [3.8, 4) is 0 Å². The molecular formula is C8H9BrClO. The summed E-state index contributed by atoms with van der Waals surface area (Å²) in [4.78, 5) is 0. The van der Waals surface area contributed by atoms with Crippen molar-refractivity contribution in [1.82, 2.24) is 0 Å². The molecule has 0 aliphatic heterocycles.